The molecule has 0 fully saturated rings. The van der Waals surface area contributed by atoms with Crippen LogP contribution in [-0.4, -0.2) is 23.6 Å². The first-order valence-electron chi connectivity index (χ1n) is 7.52. The predicted octanol–water partition coefficient (Wildman–Crippen LogP) is 4.86. The second kappa shape index (κ2) is 6.78. The lowest BCUT2D eigenvalue weighted by molar-refractivity contribution is 0.588. The van der Waals surface area contributed by atoms with Crippen LogP contribution in [-0.2, 0) is 9.84 Å². The maximum Gasteiger partial charge on any atom is 0.224 e. The molecule has 3 rings (SSSR count). The number of nitrogens with zero attached hydrogens (tertiary/aromatic N) is 2. The molecule has 0 radical (unpaired) electrons. The third kappa shape index (κ3) is 3.42. The molecule has 1 N–H and O–H groups in total. The molecule has 1 heterocycles. The van der Waals surface area contributed by atoms with E-state index in [2.05, 4.69) is 15.3 Å². The summed E-state index contributed by atoms with van der Waals surface area (Å²) < 4.78 is 25.2. The molecule has 3 aromatic rings. The van der Waals surface area contributed by atoms with Crippen molar-refractivity contribution in [2.24, 2.45) is 0 Å². The summed E-state index contributed by atoms with van der Waals surface area (Å²) in [6.45, 7) is 3.28. The molecular weight excluding hydrogens is 381 g/mol. The molecule has 0 saturated carbocycles. The zero-order valence-corrected chi connectivity index (χ0v) is 15.8. The number of sulfone groups is 1. The van der Waals surface area contributed by atoms with E-state index in [-0.39, 0.29) is 10.2 Å². The van der Waals surface area contributed by atoms with Gasteiger partial charge < -0.3 is 5.32 Å². The lowest BCUT2D eigenvalue weighted by atomic mass is 10.2. The maximum atomic E-state index is 12.6. The highest BCUT2D eigenvalue weighted by atomic mass is 35.5. The van der Waals surface area contributed by atoms with Gasteiger partial charge in [-0.1, -0.05) is 29.8 Å². The molecule has 1 aromatic heterocycles. The number of aromatic nitrogens is 2. The van der Waals surface area contributed by atoms with E-state index >= 15 is 0 Å². The van der Waals surface area contributed by atoms with Crippen LogP contribution in [0.3, 0.4) is 0 Å². The number of hydrogen-bond donors (Lipinski definition) is 1. The van der Waals surface area contributed by atoms with E-state index in [1.165, 1.54) is 0 Å². The smallest absolute Gasteiger partial charge is 0.224 e. The van der Waals surface area contributed by atoms with Gasteiger partial charge in [-0.15, -0.1) is 0 Å². The molecule has 5 nitrogen and oxygen atoms in total. The number of nitrogens with one attached hydrogen (secondary N) is 1. The Hall–Kier alpha value is -1.89. The average Bonchev–Trinajstić information content (AvgIpc) is 2.56. The summed E-state index contributed by atoms with van der Waals surface area (Å²) in [6, 6.07) is 11.9. The Morgan fingerprint density at radius 2 is 1.72 bits per heavy atom. The van der Waals surface area contributed by atoms with Gasteiger partial charge in [-0.2, -0.15) is 4.98 Å². The normalized spacial score (nSPS) is 11.9. The molecular formula is C17H15Cl2N3O2S. The molecule has 0 amide bonds. The Bertz CT molecular complexity index is 1050. The van der Waals surface area contributed by atoms with Crippen molar-refractivity contribution < 1.29 is 8.42 Å². The minimum absolute atomic E-state index is 0.0206. The first kappa shape index (κ1) is 17.9. The molecule has 0 saturated heterocycles. The van der Waals surface area contributed by atoms with E-state index in [0.717, 1.165) is 0 Å². The summed E-state index contributed by atoms with van der Waals surface area (Å²) in [5.74, 6) is 0.393. The molecule has 0 atom stereocenters. The SMILES string of the molecule is CC(C)S(=O)(=O)c1ccccc1Nc1nc(Cl)nc2c(Cl)cccc12. The van der Waals surface area contributed by atoms with Crippen LogP contribution < -0.4 is 5.32 Å². The quantitative estimate of drug-likeness (QED) is 0.638. The van der Waals surface area contributed by atoms with Gasteiger partial charge in [0.15, 0.2) is 9.84 Å². The number of fused-ring (bicyclic) bond motifs is 1. The first-order valence-corrected chi connectivity index (χ1v) is 9.82. The molecule has 0 unspecified atom stereocenters. The van der Waals surface area contributed by atoms with Crippen LogP contribution in [0.25, 0.3) is 10.9 Å². The summed E-state index contributed by atoms with van der Waals surface area (Å²) in [5, 5.41) is 3.63. The van der Waals surface area contributed by atoms with Crippen molar-refractivity contribution in [2.45, 2.75) is 24.0 Å². The Kier molecular flexibility index (Phi) is 4.86. The van der Waals surface area contributed by atoms with Gasteiger partial charge in [0.05, 0.1) is 26.4 Å². The molecule has 2 aromatic carbocycles. The van der Waals surface area contributed by atoms with Gasteiger partial charge in [-0.25, -0.2) is 13.4 Å². The van der Waals surface area contributed by atoms with Crippen LogP contribution in [0.2, 0.25) is 10.3 Å². The first-order chi connectivity index (χ1) is 11.8. The number of halogens is 2. The van der Waals surface area contributed by atoms with Crippen molar-refractivity contribution in [1.82, 2.24) is 9.97 Å². The van der Waals surface area contributed by atoms with E-state index in [1.54, 1.807) is 56.3 Å². The van der Waals surface area contributed by atoms with E-state index in [1.807, 2.05) is 0 Å². The van der Waals surface area contributed by atoms with E-state index in [4.69, 9.17) is 23.2 Å². The van der Waals surface area contributed by atoms with Gasteiger partial charge >= 0.3 is 0 Å². The van der Waals surface area contributed by atoms with Crippen LogP contribution in [0.4, 0.5) is 11.5 Å². The van der Waals surface area contributed by atoms with Gasteiger partial charge in [-0.05, 0) is 49.7 Å². The maximum absolute atomic E-state index is 12.6. The number of rotatable bonds is 4. The van der Waals surface area contributed by atoms with Crippen molar-refractivity contribution in [1.29, 1.82) is 0 Å². The Morgan fingerprint density at radius 1 is 1.00 bits per heavy atom. The Balaban J connectivity index is 2.17. The predicted molar refractivity (Wildman–Crippen MR) is 102 cm³/mol. The van der Waals surface area contributed by atoms with Crippen molar-refractivity contribution in [3.8, 4) is 0 Å². The van der Waals surface area contributed by atoms with Crippen LogP contribution in [0.5, 0.6) is 0 Å². The summed E-state index contributed by atoms with van der Waals surface area (Å²) in [4.78, 5) is 8.54. The third-order valence-electron chi connectivity index (χ3n) is 3.72. The standard InChI is InChI=1S/C17H15Cl2N3O2S/c1-10(2)25(23,24)14-9-4-3-8-13(14)20-16-11-6-5-7-12(18)15(11)21-17(19)22-16/h3-10H,1-2H3,(H,20,21,22). The van der Waals surface area contributed by atoms with Crippen molar-refractivity contribution in [2.75, 3.05) is 5.32 Å². The fourth-order valence-corrected chi connectivity index (χ4v) is 3.97. The number of anilines is 2. The van der Waals surface area contributed by atoms with Gasteiger partial charge in [0.25, 0.3) is 0 Å². The molecule has 0 aliphatic carbocycles. The number of hydrogen-bond acceptors (Lipinski definition) is 5. The molecule has 0 spiro atoms. The van der Waals surface area contributed by atoms with Crippen LogP contribution in [0.1, 0.15) is 13.8 Å². The Morgan fingerprint density at radius 3 is 2.44 bits per heavy atom. The summed E-state index contributed by atoms with van der Waals surface area (Å²) in [6.07, 6.45) is 0. The summed E-state index contributed by atoms with van der Waals surface area (Å²) >= 11 is 12.2. The second-order valence-corrected chi connectivity index (χ2v) is 8.91. The number of benzene rings is 2. The molecule has 0 aliphatic rings. The highest BCUT2D eigenvalue weighted by Gasteiger charge is 2.23. The zero-order chi connectivity index (χ0) is 18.2. The van der Waals surface area contributed by atoms with Gasteiger partial charge in [0.1, 0.15) is 5.82 Å². The molecule has 0 bridgehead atoms. The number of para-hydroxylation sites is 2. The fraction of sp³-hybridized carbons (Fsp3) is 0.176. The minimum Gasteiger partial charge on any atom is -0.339 e. The van der Waals surface area contributed by atoms with Crippen molar-refractivity contribution in [3.63, 3.8) is 0 Å². The van der Waals surface area contributed by atoms with Crippen LogP contribution in [0, 0.1) is 0 Å². The average molecular weight is 396 g/mol. The topological polar surface area (TPSA) is 72.0 Å². The lowest BCUT2D eigenvalue weighted by Gasteiger charge is -2.15. The monoisotopic (exact) mass is 395 g/mol. The molecule has 25 heavy (non-hydrogen) atoms. The van der Waals surface area contributed by atoms with Crippen molar-refractivity contribution >= 4 is 55.4 Å². The third-order valence-corrected chi connectivity index (χ3v) is 6.40. The highest BCUT2D eigenvalue weighted by molar-refractivity contribution is 7.92. The largest absolute Gasteiger partial charge is 0.339 e. The zero-order valence-electron chi connectivity index (χ0n) is 13.5. The molecule has 130 valence electrons. The minimum atomic E-state index is -3.46. The van der Waals surface area contributed by atoms with Crippen molar-refractivity contribution in [3.05, 3.63) is 52.8 Å². The Labute approximate surface area is 155 Å². The highest BCUT2D eigenvalue weighted by Crippen LogP contribution is 2.32. The fourth-order valence-electron chi connectivity index (χ4n) is 2.38. The van der Waals surface area contributed by atoms with E-state index < -0.39 is 15.1 Å². The summed E-state index contributed by atoms with van der Waals surface area (Å²) in [5.41, 5.74) is 0.920. The van der Waals surface area contributed by atoms with Crippen LogP contribution in [0.15, 0.2) is 47.4 Å². The van der Waals surface area contributed by atoms with E-state index in [0.29, 0.717) is 27.4 Å². The molecule has 0 aliphatic heterocycles. The summed E-state index contributed by atoms with van der Waals surface area (Å²) in [7, 11) is -3.46. The van der Waals surface area contributed by atoms with Gasteiger partial charge in [0.2, 0.25) is 5.28 Å². The lowest BCUT2D eigenvalue weighted by Crippen LogP contribution is -2.15. The van der Waals surface area contributed by atoms with Gasteiger partial charge in [0, 0.05) is 5.39 Å². The van der Waals surface area contributed by atoms with E-state index in [9.17, 15) is 8.42 Å². The molecule has 8 heteroatoms. The van der Waals surface area contributed by atoms with Crippen LogP contribution >= 0.6 is 23.2 Å². The van der Waals surface area contributed by atoms with Gasteiger partial charge in [-0.3, -0.25) is 0 Å². The second-order valence-electron chi connectivity index (χ2n) is 5.69.